The minimum Gasteiger partial charge on any atom is -0.477 e. The molecule has 0 saturated carbocycles. The first-order chi connectivity index (χ1) is 9.68. The number of hydrogen-bond donors (Lipinski definition) is 3. The van der Waals surface area contributed by atoms with Gasteiger partial charge in [0.2, 0.25) is 5.43 Å². The summed E-state index contributed by atoms with van der Waals surface area (Å²) in [5.41, 5.74) is 0.0574. The molecule has 1 aromatic carbocycles. The predicted molar refractivity (Wildman–Crippen MR) is 76.6 cm³/mol. The van der Waals surface area contributed by atoms with Crippen molar-refractivity contribution in [2.75, 3.05) is 31.1 Å². The van der Waals surface area contributed by atoms with E-state index in [4.69, 9.17) is 0 Å². The zero-order valence-electron chi connectivity index (χ0n) is 10.8. The lowest BCUT2D eigenvalue weighted by Gasteiger charge is -2.30. The Bertz CT molecular complexity index is 717. The number of para-hydroxylation sites is 1. The number of fused-ring (bicyclic) bond motifs is 1. The molecule has 3 rings (SSSR count). The molecule has 0 bridgehead atoms. The number of nitrogens with zero attached hydrogens (tertiary/aromatic N) is 1. The molecule has 1 saturated heterocycles. The number of aromatic carboxylic acids is 1. The second-order valence-electron chi connectivity index (χ2n) is 4.77. The van der Waals surface area contributed by atoms with Crippen LogP contribution in [0.5, 0.6) is 0 Å². The molecule has 6 heteroatoms. The van der Waals surface area contributed by atoms with Gasteiger partial charge in [0.1, 0.15) is 11.4 Å². The quantitative estimate of drug-likeness (QED) is 0.747. The fourth-order valence-electron chi connectivity index (χ4n) is 2.55. The average molecular weight is 273 g/mol. The first-order valence-electron chi connectivity index (χ1n) is 6.52. The standard InChI is InChI=1S/C14H15N3O3/c18-12-9-3-1-2-4-10(9)16-13(11(12)14(19)20)17-7-5-15-6-8-17/h1-4,15H,5-8H2,(H,16,18)(H,19,20). The molecule has 3 N–H and O–H groups in total. The zero-order valence-corrected chi connectivity index (χ0v) is 10.8. The van der Waals surface area contributed by atoms with Crippen LogP contribution in [0.4, 0.5) is 5.82 Å². The van der Waals surface area contributed by atoms with Crippen LogP contribution in [0.2, 0.25) is 0 Å². The number of anilines is 1. The molecule has 0 radical (unpaired) electrons. The first-order valence-corrected chi connectivity index (χ1v) is 6.52. The summed E-state index contributed by atoms with van der Waals surface area (Å²) >= 11 is 0. The van der Waals surface area contributed by atoms with Crippen molar-refractivity contribution in [3.05, 3.63) is 40.1 Å². The largest absolute Gasteiger partial charge is 0.477 e. The van der Waals surface area contributed by atoms with Crippen molar-refractivity contribution in [1.29, 1.82) is 0 Å². The molecule has 2 aromatic rings. The summed E-state index contributed by atoms with van der Waals surface area (Å²) in [6.45, 7) is 2.89. The summed E-state index contributed by atoms with van der Waals surface area (Å²) in [6.07, 6.45) is 0. The Kier molecular flexibility index (Phi) is 3.15. The van der Waals surface area contributed by atoms with Gasteiger partial charge in [-0.2, -0.15) is 0 Å². The first kappa shape index (κ1) is 12.7. The zero-order chi connectivity index (χ0) is 14.1. The van der Waals surface area contributed by atoms with E-state index in [9.17, 15) is 14.7 Å². The maximum Gasteiger partial charge on any atom is 0.343 e. The number of benzene rings is 1. The summed E-state index contributed by atoms with van der Waals surface area (Å²) in [5.74, 6) is -0.784. The number of rotatable bonds is 2. The number of carboxylic acids is 1. The lowest BCUT2D eigenvalue weighted by Crippen LogP contribution is -2.45. The van der Waals surface area contributed by atoms with E-state index in [-0.39, 0.29) is 5.56 Å². The van der Waals surface area contributed by atoms with E-state index in [0.29, 0.717) is 29.8 Å². The highest BCUT2D eigenvalue weighted by Gasteiger charge is 2.23. The number of pyridine rings is 1. The van der Waals surface area contributed by atoms with Crippen LogP contribution in [0.15, 0.2) is 29.1 Å². The highest BCUT2D eigenvalue weighted by Crippen LogP contribution is 2.20. The Morgan fingerprint density at radius 3 is 2.60 bits per heavy atom. The van der Waals surface area contributed by atoms with Crippen molar-refractivity contribution < 1.29 is 9.90 Å². The van der Waals surface area contributed by atoms with Crippen LogP contribution < -0.4 is 15.6 Å². The van der Waals surface area contributed by atoms with E-state index in [1.807, 2.05) is 11.0 Å². The molecule has 2 heterocycles. The molecule has 0 spiro atoms. The SMILES string of the molecule is O=C(O)c1c(N2CCNCC2)[nH]c2ccccc2c1=O. The maximum absolute atomic E-state index is 12.4. The van der Waals surface area contributed by atoms with Gasteiger partial charge in [-0.15, -0.1) is 0 Å². The topological polar surface area (TPSA) is 85.4 Å². The molecule has 0 amide bonds. The van der Waals surface area contributed by atoms with Crippen LogP contribution in [0, 0.1) is 0 Å². The molecule has 0 aliphatic carbocycles. The molecule has 104 valence electrons. The van der Waals surface area contributed by atoms with E-state index >= 15 is 0 Å². The van der Waals surface area contributed by atoms with E-state index < -0.39 is 11.4 Å². The van der Waals surface area contributed by atoms with E-state index in [0.717, 1.165) is 13.1 Å². The molecule has 1 aliphatic heterocycles. The second kappa shape index (κ2) is 4.97. The Labute approximate surface area is 115 Å². The molecule has 1 aromatic heterocycles. The molecular formula is C14H15N3O3. The summed E-state index contributed by atoms with van der Waals surface area (Å²) in [5, 5.41) is 13.0. The minimum atomic E-state index is -1.19. The Morgan fingerprint density at radius 1 is 1.20 bits per heavy atom. The summed E-state index contributed by atoms with van der Waals surface area (Å²) < 4.78 is 0. The van der Waals surface area contributed by atoms with Gasteiger partial charge in [0, 0.05) is 31.6 Å². The smallest absolute Gasteiger partial charge is 0.343 e. The van der Waals surface area contributed by atoms with E-state index in [1.54, 1.807) is 18.2 Å². The Hall–Kier alpha value is -2.34. The number of nitrogens with one attached hydrogen (secondary N) is 2. The number of piperazine rings is 1. The van der Waals surface area contributed by atoms with Gasteiger partial charge in [-0.25, -0.2) is 4.79 Å². The van der Waals surface area contributed by atoms with Gasteiger partial charge in [0.05, 0.1) is 5.52 Å². The summed E-state index contributed by atoms with van der Waals surface area (Å²) in [7, 11) is 0. The van der Waals surface area contributed by atoms with Crippen LogP contribution in [0.3, 0.4) is 0 Å². The van der Waals surface area contributed by atoms with Crippen LogP contribution in [0.25, 0.3) is 10.9 Å². The Morgan fingerprint density at radius 2 is 1.90 bits per heavy atom. The molecular weight excluding hydrogens is 258 g/mol. The highest BCUT2D eigenvalue weighted by molar-refractivity contribution is 5.98. The number of carbonyl (C=O) groups is 1. The van der Waals surface area contributed by atoms with Crippen molar-refractivity contribution in [3.8, 4) is 0 Å². The number of aromatic amines is 1. The van der Waals surface area contributed by atoms with Crippen LogP contribution in [-0.4, -0.2) is 42.2 Å². The molecule has 0 atom stereocenters. The van der Waals surface area contributed by atoms with E-state index in [2.05, 4.69) is 10.3 Å². The van der Waals surface area contributed by atoms with Crippen LogP contribution >= 0.6 is 0 Å². The fraction of sp³-hybridized carbons (Fsp3) is 0.286. The third-order valence-corrected chi connectivity index (χ3v) is 3.54. The number of hydrogen-bond acceptors (Lipinski definition) is 4. The normalized spacial score (nSPS) is 15.5. The summed E-state index contributed by atoms with van der Waals surface area (Å²) in [6, 6.07) is 6.98. The number of carboxylic acid groups (broad SMARTS) is 1. The van der Waals surface area contributed by atoms with Gasteiger partial charge in [-0.05, 0) is 12.1 Å². The third kappa shape index (κ3) is 2.04. The van der Waals surface area contributed by atoms with Crippen molar-refractivity contribution in [2.24, 2.45) is 0 Å². The van der Waals surface area contributed by atoms with Gasteiger partial charge in [-0.3, -0.25) is 4.79 Å². The summed E-state index contributed by atoms with van der Waals surface area (Å²) in [4.78, 5) is 28.9. The third-order valence-electron chi connectivity index (χ3n) is 3.54. The molecule has 6 nitrogen and oxygen atoms in total. The van der Waals surface area contributed by atoms with Gasteiger partial charge < -0.3 is 20.3 Å². The molecule has 20 heavy (non-hydrogen) atoms. The predicted octanol–water partition coefficient (Wildman–Crippen LogP) is 0.636. The Balaban J connectivity index is 2.26. The van der Waals surface area contributed by atoms with Gasteiger partial charge in [0.15, 0.2) is 0 Å². The fourth-order valence-corrected chi connectivity index (χ4v) is 2.55. The lowest BCUT2D eigenvalue weighted by atomic mass is 10.1. The number of aromatic nitrogens is 1. The van der Waals surface area contributed by atoms with Gasteiger partial charge in [-0.1, -0.05) is 12.1 Å². The van der Waals surface area contributed by atoms with Crippen molar-refractivity contribution in [2.45, 2.75) is 0 Å². The molecule has 1 fully saturated rings. The maximum atomic E-state index is 12.4. The second-order valence-corrected chi connectivity index (χ2v) is 4.77. The average Bonchev–Trinajstić information content (AvgIpc) is 2.47. The van der Waals surface area contributed by atoms with Gasteiger partial charge in [0.25, 0.3) is 0 Å². The van der Waals surface area contributed by atoms with Crippen LogP contribution in [0.1, 0.15) is 10.4 Å². The van der Waals surface area contributed by atoms with Crippen molar-refractivity contribution >= 4 is 22.7 Å². The minimum absolute atomic E-state index is 0.175. The monoisotopic (exact) mass is 273 g/mol. The van der Waals surface area contributed by atoms with Gasteiger partial charge >= 0.3 is 5.97 Å². The highest BCUT2D eigenvalue weighted by atomic mass is 16.4. The lowest BCUT2D eigenvalue weighted by molar-refractivity contribution is 0.0696. The number of H-pyrrole nitrogens is 1. The molecule has 1 aliphatic rings. The van der Waals surface area contributed by atoms with E-state index in [1.165, 1.54) is 0 Å². The molecule has 0 unspecified atom stereocenters. The van der Waals surface area contributed by atoms with Crippen molar-refractivity contribution in [3.63, 3.8) is 0 Å². The van der Waals surface area contributed by atoms with Crippen LogP contribution in [-0.2, 0) is 0 Å². The van der Waals surface area contributed by atoms with Crippen molar-refractivity contribution in [1.82, 2.24) is 10.3 Å².